The SMILES string of the molecule is CCCc1nc(Cl)cc(-c2ccc(C(C)(C)C)cc2)n1. The van der Waals surface area contributed by atoms with Gasteiger partial charge in [-0.1, -0.05) is 63.6 Å². The average Bonchev–Trinajstić information content (AvgIpc) is 2.37. The van der Waals surface area contributed by atoms with Crippen LogP contribution in [0.4, 0.5) is 0 Å². The Morgan fingerprint density at radius 2 is 1.70 bits per heavy atom. The molecule has 0 saturated carbocycles. The summed E-state index contributed by atoms with van der Waals surface area (Å²) in [6, 6.07) is 10.4. The molecule has 3 heteroatoms. The fourth-order valence-electron chi connectivity index (χ4n) is 2.09. The van der Waals surface area contributed by atoms with Crippen molar-refractivity contribution >= 4 is 11.6 Å². The highest BCUT2D eigenvalue weighted by atomic mass is 35.5. The number of hydrogen-bond donors (Lipinski definition) is 0. The highest BCUT2D eigenvalue weighted by molar-refractivity contribution is 6.29. The number of aryl methyl sites for hydroxylation is 1. The number of hydrogen-bond acceptors (Lipinski definition) is 2. The summed E-state index contributed by atoms with van der Waals surface area (Å²) in [5, 5.41) is 0.512. The van der Waals surface area contributed by atoms with Crippen molar-refractivity contribution < 1.29 is 0 Å². The van der Waals surface area contributed by atoms with E-state index >= 15 is 0 Å². The molecule has 0 bridgehead atoms. The number of nitrogens with zero attached hydrogens (tertiary/aromatic N) is 2. The van der Waals surface area contributed by atoms with Crippen LogP contribution in [0.5, 0.6) is 0 Å². The molecule has 0 aliphatic carbocycles. The minimum Gasteiger partial charge on any atom is -0.233 e. The molecule has 0 unspecified atom stereocenters. The first-order valence-electron chi connectivity index (χ1n) is 7.04. The predicted octanol–water partition coefficient (Wildman–Crippen LogP) is 5.05. The van der Waals surface area contributed by atoms with E-state index in [2.05, 4.69) is 61.9 Å². The molecule has 0 fully saturated rings. The van der Waals surface area contributed by atoms with Gasteiger partial charge in [0.2, 0.25) is 0 Å². The molecule has 0 aliphatic rings. The third-order valence-corrected chi connectivity index (χ3v) is 3.46. The van der Waals surface area contributed by atoms with Gasteiger partial charge in [-0.05, 0) is 17.4 Å². The van der Waals surface area contributed by atoms with Gasteiger partial charge in [-0.25, -0.2) is 9.97 Å². The van der Waals surface area contributed by atoms with Crippen molar-refractivity contribution in [3.05, 3.63) is 46.9 Å². The van der Waals surface area contributed by atoms with Crippen LogP contribution in [0.2, 0.25) is 5.15 Å². The molecule has 1 aromatic heterocycles. The molecule has 2 nitrogen and oxygen atoms in total. The fraction of sp³-hybridized carbons (Fsp3) is 0.412. The van der Waals surface area contributed by atoms with Crippen molar-refractivity contribution in [3.63, 3.8) is 0 Å². The Morgan fingerprint density at radius 1 is 1.05 bits per heavy atom. The van der Waals surface area contributed by atoms with Crippen LogP contribution in [-0.2, 0) is 11.8 Å². The van der Waals surface area contributed by atoms with E-state index in [0.717, 1.165) is 29.9 Å². The first kappa shape index (κ1) is 15.0. The van der Waals surface area contributed by atoms with Crippen molar-refractivity contribution in [2.75, 3.05) is 0 Å². The van der Waals surface area contributed by atoms with Crippen LogP contribution in [0.25, 0.3) is 11.3 Å². The molecule has 0 amide bonds. The zero-order chi connectivity index (χ0) is 14.8. The van der Waals surface area contributed by atoms with Crippen LogP contribution in [0.3, 0.4) is 0 Å². The molecule has 1 heterocycles. The maximum absolute atomic E-state index is 6.09. The van der Waals surface area contributed by atoms with Gasteiger partial charge in [-0.15, -0.1) is 0 Å². The Balaban J connectivity index is 2.36. The summed E-state index contributed by atoms with van der Waals surface area (Å²) in [6.45, 7) is 8.75. The summed E-state index contributed by atoms with van der Waals surface area (Å²) in [4.78, 5) is 8.85. The lowest BCUT2D eigenvalue weighted by atomic mass is 9.86. The normalized spacial score (nSPS) is 11.7. The van der Waals surface area contributed by atoms with Gasteiger partial charge in [0.1, 0.15) is 11.0 Å². The van der Waals surface area contributed by atoms with E-state index in [1.807, 2.05) is 6.07 Å². The summed E-state index contributed by atoms with van der Waals surface area (Å²) >= 11 is 6.09. The Kier molecular flexibility index (Phi) is 4.44. The maximum atomic E-state index is 6.09. The van der Waals surface area contributed by atoms with E-state index in [-0.39, 0.29) is 5.41 Å². The van der Waals surface area contributed by atoms with Gasteiger partial charge in [0.05, 0.1) is 5.69 Å². The molecule has 2 aromatic rings. The van der Waals surface area contributed by atoms with E-state index in [0.29, 0.717) is 5.15 Å². The summed E-state index contributed by atoms with van der Waals surface area (Å²) in [5.74, 6) is 0.815. The van der Waals surface area contributed by atoms with Gasteiger partial charge in [0.15, 0.2) is 0 Å². The van der Waals surface area contributed by atoms with Crippen LogP contribution >= 0.6 is 11.6 Å². The highest BCUT2D eigenvalue weighted by Gasteiger charge is 2.13. The number of halogens is 1. The van der Waals surface area contributed by atoms with Gasteiger partial charge in [-0.3, -0.25) is 0 Å². The Morgan fingerprint density at radius 3 is 2.25 bits per heavy atom. The van der Waals surface area contributed by atoms with Gasteiger partial charge in [-0.2, -0.15) is 0 Å². The summed E-state index contributed by atoms with van der Waals surface area (Å²) in [7, 11) is 0. The largest absolute Gasteiger partial charge is 0.233 e. The Hall–Kier alpha value is -1.41. The van der Waals surface area contributed by atoms with E-state index in [1.165, 1.54) is 5.56 Å². The molecule has 106 valence electrons. The Labute approximate surface area is 126 Å². The lowest BCUT2D eigenvalue weighted by Crippen LogP contribution is -2.10. The smallest absolute Gasteiger partial charge is 0.133 e. The second-order valence-electron chi connectivity index (χ2n) is 6.07. The topological polar surface area (TPSA) is 25.8 Å². The molecular weight excluding hydrogens is 268 g/mol. The molecule has 20 heavy (non-hydrogen) atoms. The molecule has 2 rings (SSSR count). The van der Waals surface area contributed by atoms with E-state index in [1.54, 1.807) is 0 Å². The van der Waals surface area contributed by atoms with Crippen LogP contribution in [0.1, 0.15) is 45.5 Å². The lowest BCUT2D eigenvalue weighted by molar-refractivity contribution is 0.590. The minimum absolute atomic E-state index is 0.162. The van der Waals surface area contributed by atoms with Gasteiger partial charge in [0.25, 0.3) is 0 Å². The van der Waals surface area contributed by atoms with Crippen molar-refractivity contribution in [1.29, 1.82) is 0 Å². The molecule has 1 aromatic carbocycles. The zero-order valence-corrected chi connectivity index (χ0v) is 13.3. The number of benzene rings is 1. The minimum atomic E-state index is 0.162. The van der Waals surface area contributed by atoms with E-state index in [9.17, 15) is 0 Å². The third kappa shape index (κ3) is 3.57. The Bertz CT molecular complexity index is 583. The summed E-state index contributed by atoms with van der Waals surface area (Å²) < 4.78 is 0. The second-order valence-corrected chi connectivity index (χ2v) is 6.46. The van der Waals surface area contributed by atoms with E-state index < -0.39 is 0 Å². The van der Waals surface area contributed by atoms with Crippen molar-refractivity contribution in [2.24, 2.45) is 0 Å². The highest BCUT2D eigenvalue weighted by Crippen LogP contribution is 2.26. The monoisotopic (exact) mass is 288 g/mol. The van der Waals surface area contributed by atoms with Gasteiger partial charge in [0, 0.05) is 18.1 Å². The van der Waals surface area contributed by atoms with Crippen LogP contribution in [0, 0.1) is 0 Å². The van der Waals surface area contributed by atoms with Gasteiger partial charge < -0.3 is 0 Å². The molecule has 0 radical (unpaired) electrons. The fourth-order valence-corrected chi connectivity index (χ4v) is 2.29. The van der Waals surface area contributed by atoms with Crippen molar-refractivity contribution in [3.8, 4) is 11.3 Å². The first-order chi connectivity index (χ1) is 9.40. The zero-order valence-electron chi connectivity index (χ0n) is 12.6. The van der Waals surface area contributed by atoms with Crippen molar-refractivity contribution in [2.45, 2.75) is 46.0 Å². The summed E-state index contributed by atoms with van der Waals surface area (Å²) in [6.07, 6.45) is 1.87. The molecule has 0 spiro atoms. The lowest BCUT2D eigenvalue weighted by Gasteiger charge is -2.19. The van der Waals surface area contributed by atoms with Crippen LogP contribution in [-0.4, -0.2) is 9.97 Å². The maximum Gasteiger partial charge on any atom is 0.133 e. The number of rotatable bonds is 3. The molecule has 0 saturated heterocycles. The van der Waals surface area contributed by atoms with Crippen LogP contribution in [0.15, 0.2) is 30.3 Å². The predicted molar refractivity (Wildman–Crippen MR) is 85.2 cm³/mol. The molecular formula is C17H21ClN2. The number of aromatic nitrogens is 2. The second kappa shape index (κ2) is 5.92. The van der Waals surface area contributed by atoms with Crippen LogP contribution < -0.4 is 0 Å². The van der Waals surface area contributed by atoms with Crippen molar-refractivity contribution in [1.82, 2.24) is 9.97 Å². The molecule has 0 N–H and O–H groups in total. The third-order valence-electron chi connectivity index (χ3n) is 3.26. The average molecular weight is 289 g/mol. The standard InChI is InChI=1S/C17H21ClN2/c1-5-6-16-19-14(11-15(18)20-16)12-7-9-13(10-8-12)17(2,3)4/h7-11H,5-6H2,1-4H3. The summed E-state index contributed by atoms with van der Waals surface area (Å²) in [5.41, 5.74) is 3.46. The van der Waals surface area contributed by atoms with Gasteiger partial charge >= 0.3 is 0 Å². The quantitative estimate of drug-likeness (QED) is 0.739. The van der Waals surface area contributed by atoms with E-state index in [4.69, 9.17) is 11.6 Å². The first-order valence-corrected chi connectivity index (χ1v) is 7.42. The molecule has 0 atom stereocenters. The molecule has 0 aliphatic heterocycles.